The molecule has 4 nitrogen and oxygen atoms in total. The molecule has 3 rings (SSSR count). The summed E-state index contributed by atoms with van der Waals surface area (Å²) >= 11 is 0. The number of nitrogens with zero attached hydrogens (tertiary/aromatic N) is 3. The molecule has 20 heavy (non-hydrogen) atoms. The Morgan fingerprint density at radius 2 is 2.00 bits per heavy atom. The first-order chi connectivity index (χ1) is 9.90. The maximum absolute atomic E-state index is 6.04. The molecule has 0 bridgehead atoms. The van der Waals surface area contributed by atoms with Crippen molar-refractivity contribution in [1.82, 2.24) is 14.9 Å². The lowest BCUT2D eigenvalue weighted by Gasteiger charge is -2.32. The highest BCUT2D eigenvalue weighted by Gasteiger charge is 2.32. The number of pyridine rings is 2. The molecule has 0 amide bonds. The molecule has 0 radical (unpaired) electrons. The Bertz CT molecular complexity index is 529. The van der Waals surface area contributed by atoms with E-state index in [1.807, 2.05) is 30.7 Å². The Morgan fingerprint density at radius 1 is 1.20 bits per heavy atom. The van der Waals surface area contributed by atoms with Crippen LogP contribution < -0.4 is 5.73 Å². The van der Waals surface area contributed by atoms with Crippen molar-refractivity contribution in [2.24, 2.45) is 5.73 Å². The monoisotopic (exact) mass is 268 g/mol. The van der Waals surface area contributed by atoms with Crippen molar-refractivity contribution in [1.29, 1.82) is 0 Å². The van der Waals surface area contributed by atoms with E-state index >= 15 is 0 Å². The Morgan fingerprint density at radius 3 is 2.65 bits per heavy atom. The molecule has 0 saturated carbocycles. The van der Waals surface area contributed by atoms with Crippen LogP contribution in [0.3, 0.4) is 0 Å². The van der Waals surface area contributed by atoms with E-state index in [9.17, 15) is 0 Å². The molecule has 0 aromatic carbocycles. The number of aromatic nitrogens is 2. The molecule has 1 saturated heterocycles. The zero-order valence-electron chi connectivity index (χ0n) is 11.5. The number of hydrogen-bond donors (Lipinski definition) is 1. The third kappa shape index (κ3) is 2.57. The Kier molecular flexibility index (Phi) is 4.04. The second-order valence-electron chi connectivity index (χ2n) is 5.22. The molecule has 0 aliphatic carbocycles. The molecule has 2 aromatic rings. The minimum absolute atomic E-state index is 0.233. The lowest BCUT2D eigenvalue weighted by Crippen LogP contribution is -2.33. The molecular formula is C16H20N4. The SMILES string of the molecule is NCC(c1cccnc1)N1CCCC1c1cccnc1. The van der Waals surface area contributed by atoms with Gasteiger partial charge in [-0.1, -0.05) is 12.1 Å². The summed E-state index contributed by atoms with van der Waals surface area (Å²) < 4.78 is 0. The van der Waals surface area contributed by atoms with E-state index in [1.54, 1.807) is 6.20 Å². The van der Waals surface area contributed by atoms with Crippen molar-refractivity contribution in [2.45, 2.75) is 24.9 Å². The standard InChI is InChI=1S/C16H20N4/c17-10-16(14-5-2-8-19-12-14)20-9-3-6-15(20)13-4-1-7-18-11-13/h1-2,4-5,7-8,11-12,15-16H,3,6,9-10,17H2. The van der Waals surface area contributed by atoms with Crippen molar-refractivity contribution >= 4 is 0 Å². The molecule has 104 valence electrons. The first-order valence-electron chi connectivity index (χ1n) is 7.16. The normalized spacial score (nSPS) is 20.9. The lowest BCUT2D eigenvalue weighted by molar-refractivity contribution is 0.185. The summed E-state index contributed by atoms with van der Waals surface area (Å²) in [5.74, 6) is 0. The molecule has 4 heteroatoms. The van der Waals surface area contributed by atoms with Gasteiger partial charge < -0.3 is 5.73 Å². The van der Waals surface area contributed by atoms with Crippen LogP contribution in [0.2, 0.25) is 0 Å². The number of rotatable bonds is 4. The van der Waals surface area contributed by atoms with Gasteiger partial charge in [-0.25, -0.2) is 0 Å². The van der Waals surface area contributed by atoms with Gasteiger partial charge in [-0.3, -0.25) is 14.9 Å². The fourth-order valence-electron chi connectivity index (χ4n) is 3.13. The van der Waals surface area contributed by atoms with Crippen LogP contribution in [-0.4, -0.2) is 28.0 Å². The van der Waals surface area contributed by atoms with E-state index in [0.29, 0.717) is 12.6 Å². The summed E-state index contributed by atoms with van der Waals surface area (Å²) in [6, 6.07) is 8.91. The number of hydrogen-bond acceptors (Lipinski definition) is 4. The third-order valence-corrected chi connectivity index (χ3v) is 4.06. The number of likely N-dealkylation sites (tertiary alicyclic amines) is 1. The maximum Gasteiger partial charge on any atom is 0.0491 e. The van der Waals surface area contributed by atoms with Crippen molar-refractivity contribution in [3.8, 4) is 0 Å². The van der Waals surface area contributed by atoms with Gasteiger partial charge in [0, 0.05) is 43.4 Å². The van der Waals surface area contributed by atoms with Crippen LogP contribution in [0.25, 0.3) is 0 Å². The molecule has 2 aromatic heterocycles. The van der Waals surface area contributed by atoms with Crippen LogP contribution in [0.4, 0.5) is 0 Å². The highest BCUT2D eigenvalue weighted by molar-refractivity contribution is 5.20. The van der Waals surface area contributed by atoms with Gasteiger partial charge in [0.05, 0.1) is 0 Å². The topological polar surface area (TPSA) is 55.0 Å². The van der Waals surface area contributed by atoms with Gasteiger partial charge in [0.1, 0.15) is 0 Å². The summed E-state index contributed by atoms with van der Waals surface area (Å²) in [4.78, 5) is 11.0. The quantitative estimate of drug-likeness (QED) is 0.924. The summed E-state index contributed by atoms with van der Waals surface area (Å²) in [6.45, 7) is 1.69. The zero-order valence-corrected chi connectivity index (χ0v) is 11.5. The van der Waals surface area contributed by atoms with Gasteiger partial charge in [0.15, 0.2) is 0 Å². The zero-order chi connectivity index (χ0) is 13.8. The molecule has 1 aliphatic rings. The molecule has 2 N–H and O–H groups in total. The number of nitrogens with two attached hydrogens (primary N) is 1. The largest absolute Gasteiger partial charge is 0.329 e. The molecule has 1 aliphatic heterocycles. The van der Waals surface area contributed by atoms with Crippen LogP contribution >= 0.6 is 0 Å². The van der Waals surface area contributed by atoms with E-state index in [-0.39, 0.29) is 6.04 Å². The molecule has 0 spiro atoms. The molecule has 1 fully saturated rings. The van der Waals surface area contributed by atoms with Gasteiger partial charge in [-0.15, -0.1) is 0 Å². The van der Waals surface area contributed by atoms with Crippen molar-refractivity contribution in [3.05, 3.63) is 60.2 Å². The Balaban J connectivity index is 1.87. The minimum atomic E-state index is 0.233. The third-order valence-electron chi connectivity index (χ3n) is 4.06. The van der Waals surface area contributed by atoms with Crippen LogP contribution in [-0.2, 0) is 0 Å². The first-order valence-corrected chi connectivity index (χ1v) is 7.16. The predicted octanol–water partition coefficient (Wildman–Crippen LogP) is 2.31. The lowest BCUT2D eigenvalue weighted by atomic mass is 10.0. The molecule has 2 unspecified atom stereocenters. The second-order valence-corrected chi connectivity index (χ2v) is 5.22. The van der Waals surface area contributed by atoms with Crippen molar-refractivity contribution in [3.63, 3.8) is 0 Å². The van der Waals surface area contributed by atoms with Gasteiger partial charge >= 0.3 is 0 Å². The van der Waals surface area contributed by atoms with Crippen LogP contribution in [0, 0.1) is 0 Å². The molecule has 3 heterocycles. The highest BCUT2D eigenvalue weighted by atomic mass is 15.2. The van der Waals surface area contributed by atoms with E-state index in [2.05, 4.69) is 27.0 Å². The second kappa shape index (κ2) is 6.11. The average Bonchev–Trinajstić information content (AvgIpc) is 2.99. The van der Waals surface area contributed by atoms with Crippen LogP contribution in [0.15, 0.2) is 49.1 Å². The summed E-state index contributed by atoms with van der Waals surface area (Å²) in [5, 5.41) is 0. The van der Waals surface area contributed by atoms with Gasteiger partial charge in [0.2, 0.25) is 0 Å². The van der Waals surface area contributed by atoms with E-state index in [4.69, 9.17) is 5.73 Å². The Hall–Kier alpha value is -1.78. The summed E-state index contributed by atoms with van der Waals surface area (Å²) in [7, 11) is 0. The summed E-state index contributed by atoms with van der Waals surface area (Å²) in [5.41, 5.74) is 8.52. The molecule has 2 atom stereocenters. The fourth-order valence-corrected chi connectivity index (χ4v) is 3.13. The Labute approximate surface area is 119 Å². The van der Waals surface area contributed by atoms with Gasteiger partial charge in [0.25, 0.3) is 0 Å². The van der Waals surface area contributed by atoms with Crippen molar-refractivity contribution in [2.75, 3.05) is 13.1 Å². The fraction of sp³-hybridized carbons (Fsp3) is 0.375. The van der Waals surface area contributed by atoms with E-state index in [1.165, 1.54) is 24.0 Å². The highest BCUT2D eigenvalue weighted by Crippen LogP contribution is 2.37. The first kappa shape index (κ1) is 13.2. The molecular weight excluding hydrogens is 248 g/mol. The van der Waals surface area contributed by atoms with Crippen LogP contribution in [0.5, 0.6) is 0 Å². The van der Waals surface area contributed by atoms with Gasteiger partial charge in [-0.05, 0) is 42.6 Å². The average molecular weight is 268 g/mol. The van der Waals surface area contributed by atoms with E-state index in [0.717, 1.165) is 6.54 Å². The van der Waals surface area contributed by atoms with Crippen molar-refractivity contribution < 1.29 is 0 Å². The smallest absolute Gasteiger partial charge is 0.0491 e. The summed E-state index contributed by atoms with van der Waals surface area (Å²) in [6.07, 6.45) is 9.90. The minimum Gasteiger partial charge on any atom is -0.329 e. The predicted molar refractivity (Wildman–Crippen MR) is 79.0 cm³/mol. The van der Waals surface area contributed by atoms with Crippen LogP contribution in [0.1, 0.15) is 36.1 Å². The maximum atomic E-state index is 6.04. The van der Waals surface area contributed by atoms with Gasteiger partial charge in [-0.2, -0.15) is 0 Å². The van der Waals surface area contributed by atoms with E-state index < -0.39 is 0 Å².